The maximum absolute atomic E-state index is 12.7. The number of pyridine rings is 2. The van der Waals surface area contributed by atoms with Crippen molar-refractivity contribution in [3.05, 3.63) is 101 Å². The van der Waals surface area contributed by atoms with Crippen LogP contribution < -0.4 is 16.0 Å². The second-order valence-electron chi connectivity index (χ2n) is 13.4. The van der Waals surface area contributed by atoms with E-state index in [1.54, 1.807) is 25.3 Å². The molecular formula is C42H40N8O5. The maximum atomic E-state index is 12.7. The van der Waals surface area contributed by atoms with Gasteiger partial charge in [-0.05, 0) is 47.7 Å². The topological polar surface area (TPSA) is 168 Å². The molecule has 0 saturated carbocycles. The second-order valence-corrected chi connectivity index (χ2v) is 13.4. The van der Waals surface area contributed by atoms with Gasteiger partial charge in [-0.2, -0.15) is 0 Å². The number of carbonyl (C=O) groups excluding carboxylic acids is 5. The number of imide groups is 1. The minimum absolute atomic E-state index is 0.0666. The molecule has 278 valence electrons. The highest BCUT2D eigenvalue weighted by Gasteiger charge is 2.26. The summed E-state index contributed by atoms with van der Waals surface area (Å²) in [5.74, 6) is 6.67. The fraction of sp³-hybridized carbons (Fsp3) is 0.286. The van der Waals surface area contributed by atoms with Crippen molar-refractivity contribution in [1.29, 1.82) is 0 Å². The van der Waals surface area contributed by atoms with Gasteiger partial charge < -0.3 is 20.1 Å². The Labute approximate surface area is 318 Å². The van der Waals surface area contributed by atoms with E-state index in [1.165, 1.54) is 0 Å². The van der Waals surface area contributed by atoms with Crippen molar-refractivity contribution in [2.45, 2.75) is 65.6 Å². The first-order chi connectivity index (χ1) is 26.7. The van der Waals surface area contributed by atoms with Crippen LogP contribution in [0, 0.1) is 11.8 Å². The molecule has 0 aliphatic carbocycles. The fourth-order valence-corrected chi connectivity index (χ4v) is 6.96. The summed E-state index contributed by atoms with van der Waals surface area (Å²) in [5.41, 5.74) is 7.22. The van der Waals surface area contributed by atoms with Crippen LogP contribution in [0.1, 0.15) is 83.0 Å². The molecule has 3 N–H and O–H groups in total. The Balaban J connectivity index is 0.000000518. The van der Waals surface area contributed by atoms with Gasteiger partial charge in [-0.25, -0.2) is 4.98 Å². The number of benzene rings is 2. The van der Waals surface area contributed by atoms with Crippen molar-refractivity contribution < 1.29 is 24.0 Å². The van der Waals surface area contributed by atoms with Crippen LogP contribution in [-0.2, 0) is 40.4 Å². The van der Waals surface area contributed by atoms with E-state index >= 15 is 0 Å². The van der Waals surface area contributed by atoms with Gasteiger partial charge in [-0.1, -0.05) is 43.0 Å². The molecule has 5 amide bonds. The Morgan fingerprint density at radius 1 is 0.945 bits per heavy atom. The number of nitrogens with zero attached hydrogens (tertiary/aromatic N) is 5. The molecule has 13 nitrogen and oxygen atoms in total. The molecule has 0 unspecified atom stereocenters. The molecule has 3 aromatic heterocycles. The van der Waals surface area contributed by atoms with Crippen molar-refractivity contribution in [2.75, 3.05) is 13.1 Å². The third-order valence-electron chi connectivity index (χ3n) is 9.85. The quantitative estimate of drug-likeness (QED) is 0.132. The van der Waals surface area contributed by atoms with Crippen LogP contribution in [0.15, 0.2) is 67.0 Å². The summed E-state index contributed by atoms with van der Waals surface area (Å²) in [6.07, 6.45) is 6.53. The van der Waals surface area contributed by atoms with Crippen LogP contribution in [0.4, 0.5) is 0 Å². The predicted molar refractivity (Wildman–Crippen MR) is 205 cm³/mol. The third-order valence-corrected chi connectivity index (χ3v) is 9.85. The number of fused-ring (bicyclic) bond motifs is 3. The largest absolute Gasteiger partial charge is 0.350 e. The number of hydrogen-bond donors (Lipinski definition) is 3. The van der Waals surface area contributed by atoms with Crippen LogP contribution in [0.5, 0.6) is 0 Å². The zero-order valence-corrected chi connectivity index (χ0v) is 30.7. The summed E-state index contributed by atoms with van der Waals surface area (Å²) in [6, 6.07) is 17.2. The number of imidazole rings is 1. The monoisotopic (exact) mass is 736 g/mol. The number of rotatable bonds is 6. The molecule has 0 bridgehead atoms. The van der Waals surface area contributed by atoms with E-state index in [9.17, 15) is 24.0 Å². The molecule has 0 atom stereocenters. The number of hydrogen-bond acceptors (Lipinski definition) is 8. The van der Waals surface area contributed by atoms with E-state index in [2.05, 4.69) is 56.4 Å². The molecule has 55 heavy (non-hydrogen) atoms. The van der Waals surface area contributed by atoms with Gasteiger partial charge in [0.2, 0.25) is 17.7 Å². The minimum atomic E-state index is -0.275. The van der Waals surface area contributed by atoms with Crippen molar-refractivity contribution in [3.8, 4) is 34.4 Å². The lowest BCUT2D eigenvalue weighted by atomic mass is 10.0. The van der Waals surface area contributed by atoms with Crippen molar-refractivity contribution in [3.63, 3.8) is 0 Å². The SMILES string of the molecule is CCc1nc(-c2cccc3cc(-c4ccc(C(=O)NCCC#Cc5cccc6c5CNC6=O)nc4)ncc23)c2n1CCN(C(C)=O)C2.O=C1CCCC(=O)N1. The van der Waals surface area contributed by atoms with Gasteiger partial charge in [-0.3, -0.25) is 39.3 Å². The van der Waals surface area contributed by atoms with Crippen LogP contribution in [0.25, 0.3) is 33.3 Å². The summed E-state index contributed by atoms with van der Waals surface area (Å²) in [5, 5.41) is 9.88. The lowest BCUT2D eigenvalue weighted by Gasteiger charge is -2.28. The zero-order valence-electron chi connectivity index (χ0n) is 30.7. The second kappa shape index (κ2) is 16.1. The standard InChI is InChI=1S/C37H33N7O3.C5H7NO2/c1-3-34-42-35(33-22-43(23(2)45)16-17-44(33)34)27-11-7-10-25-18-32(40-20-30(25)27)26-13-14-31(39-19-26)37(47)38-15-5-4-8-24-9-6-12-28-29(24)21-41-36(28)46;7-4-2-1-3-5(8)6-4/h6-7,9-14,18-20H,3,5,15-17,21-22H2,1-2H3,(H,38,47)(H,41,46);1-3H2,(H,6,7,8). The molecule has 3 aliphatic rings. The summed E-state index contributed by atoms with van der Waals surface area (Å²) in [4.78, 5) is 73.5. The molecule has 0 spiro atoms. The molecular weight excluding hydrogens is 697 g/mol. The molecule has 6 heterocycles. The highest BCUT2D eigenvalue weighted by Crippen LogP contribution is 2.34. The van der Waals surface area contributed by atoms with Crippen LogP contribution in [0.3, 0.4) is 0 Å². The number of aryl methyl sites for hydroxylation is 1. The highest BCUT2D eigenvalue weighted by molar-refractivity contribution is 5.99. The molecule has 3 aliphatic heterocycles. The van der Waals surface area contributed by atoms with Gasteiger partial charge in [0.05, 0.1) is 23.6 Å². The van der Waals surface area contributed by atoms with Gasteiger partial charge >= 0.3 is 0 Å². The van der Waals surface area contributed by atoms with E-state index in [-0.39, 0.29) is 29.5 Å². The summed E-state index contributed by atoms with van der Waals surface area (Å²) in [6.45, 7) is 6.55. The van der Waals surface area contributed by atoms with E-state index in [1.807, 2.05) is 41.4 Å². The van der Waals surface area contributed by atoms with Crippen molar-refractivity contribution in [2.24, 2.45) is 0 Å². The number of piperidine rings is 1. The third kappa shape index (κ3) is 7.99. The Morgan fingerprint density at radius 2 is 1.75 bits per heavy atom. The van der Waals surface area contributed by atoms with Crippen LogP contribution in [0.2, 0.25) is 0 Å². The lowest BCUT2D eigenvalue weighted by Crippen LogP contribution is -2.37. The fourth-order valence-electron chi connectivity index (χ4n) is 6.96. The Morgan fingerprint density at radius 3 is 2.47 bits per heavy atom. The lowest BCUT2D eigenvalue weighted by molar-refractivity contribution is -0.133. The zero-order chi connectivity index (χ0) is 38.5. The summed E-state index contributed by atoms with van der Waals surface area (Å²) in [7, 11) is 0. The van der Waals surface area contributed by atoms with Gasteiger partial charge in [0.1, 0.15) is 11.5 Å². The molecule has 1 fully saturated rings. The Kier molecular flexibility index (Phi) is 10.8. The molecule has 2 aromatic carbocycles. The van der Waals surface area contributed by atoms with Gasteiger partial charge in [-0.15, -0.1) is 0 Å². The summed E-state index contributed by atoms with van der Waals surface area (Å²) < 4.78 is 2.25. The van der Waals surface area contributed by atoms with E-state index < -0.39 is 0 Å². The van der Waals surface area contributed by atoms with Crippen molar-refractivity contribution >= 4 is 40.3 Å². The Hall–Kier alpha value is -6.68. The molecule has 1 saturated heterocycles. The normalized spacial score (nSPS) is 14.4. The maximum Gasteiger partial charge on any atom is 0.269 e. The van der Waals surface area contributed by atoms with Crippen LogP contribution in [-0.4, -0.2) is 67.0 Å². The molecule has 0 radical (unpaired) electrons. The Bertz CT molecular complexity index is 2390. The number of aromatic nitrogens is 4. The molecule has 5 aromatic rings. The number of nitrogens with one attached hydrogen (secondary N) is 3. The first-order valence-electron chi connectivity index (χ1n) is 18.4. The van der Waals surface area contributed by atoms with Crippen LogP contribution >= 0.6 is 0 Å². The van der Waals surface area contributed by atoms with E-state index in [0.717, 1.165) is 68.9 Å². The first kappa shape index (κ1) is 36.7. The average Bonchev–Trinajstić information content (AvgIpc) is 3.77. The number of carbonyl (C=O) groups is 5. The smallest absolute Gasteiger partial charge is 0.269 e. The summed E-state index contributed by atoms with van der Waals surface area (Å²) >= 11 is 0. The highest BCUT2D eigenvalue weighted by atomic mass is 16.2. The van der Waals surface area contributed by atoms with Gasteiger partial charge in [0.15, 0.2) is 0 Å². The minimum Gasteiger partial charge on any atom is -0.350 e. The molecule has 8 rings (SSSR count). The average molecular weight is 737 g/mol. The van der Waals surface area contributed by atoms with Gasteiger partial charge in [0.25, 0.3) is 11.8 Å². The van der Waals surface area contributed by atoms with E-state index in [4.69, 9.17) is 9.97 Å². The molecule has 13 heteroatoms. The number of amides is 5. The van der Waals surface area contributed by atoms with E-state index in [0.29, 0.717) is 63.1 Å². The van der Waals surface area contributed by atoms with Crippen molar-refractivity contribution in [1.82, 2.24) is 40.4 Å². The predicted octanol–water partition coefficient (Wildman–Crippen LogP) is 4.31. The first-order valence-corrected chi connectivity index (χ1v) is 18.4. The van der Waals surface area contributed by atoms with Gasteiger partial charge in [0, 0.05) is 98.8 Å².